The zero-order valence-electron chi connectivity index (χ0n) is 15.5. The maximum atomic E-state index is 11.7. The number of benzene rings is 1. The minimum atomic E-state index is -1.68. The number of carbonyl (C=O) groups is 1. The molecule has 0 spiro atoms. The van der Waals surface area contributed by atoms with E-state index in [0.29, 0.717) is 5.56 Å². The molecule has 0 unspecified atom stereocenters. The van der Waals surface area contributed by atoms with Crippen LogP contribution in [0.3, 0.4) is 0 Å². The molecule has 10 heteroatoms. The number of aliphatic hydroxyl groups is 6. The van der Waals surface area contributed by atoms with Gasteiger partial charge in [-0.05, 0) is 31.5 Å². The van der Waals surface area contributed by atoms with Crippen LogP contribution in [-0.2, 0) is 20.9 Å². The van der Waals surface area contributed by atoms with Crippen LogP contribution in [0.1, 0.15) is 19.4 Å². The number of rotatable bonds is 7. The summed E-state index contributed by atoms with van der Waals surface area (Å²) in [5, 5.41) is 57.8. The van der Waals surface area contributed by atoms with Gasteiger partial charge in [-0.3, -0.25) is 0 Å². The Morgan fingerprint density at radius 1 is 1.14 bits per heavy atom. The molecule has 0 aliphatic carbocycles. The van der Waals surface area contributed by atoms with E-state index in [9.17, 15) is 35.4 Å². The van der Waals surface area contributed by atoms with Crippen molar-refractivity contribution in [3.05, 3.63) is 29.8 Å². The van der Waals surface area contributed by atoms with Crippen molar-refractivity contribution >= 4 is 5.97 Å². The van der Waals surface area contributed by atoms with Gasteiger partial charge in [0.2, 0.25) is 6.29 Å². The Morgan fingerprint density at radius 3 is 2.29 bits per heavy atom. The fourth-order valence-corrected chi connectivity index (χ4v) is 2.48. The largest absolute Gasteiger partial charge is 0.462 e. The average Bonchev–Trinajstić information content (AvgIpc) is 2.66. The molecule has 1 saturated heterocycles. The molecule has 0 bridgehead atoms. The smallest absolute Gasteiger partial charge is 0.338 e. The van der Waals surface area contributed by atoms with Crippen molar-refractivity contribution in [3.63, 3.8) is 0 Å². The molecule has 1 aliphatic rings. The van der Waals surface area contributed by atoms with Crippen molar-refractivity contribution in [1.82, 2.24) is 0 Å². The number of aliphatic hydroxyl groups excluding tert-OH is 5. The Hall–Kier alpha value is -1.79. The summed E-state index contributed by atoms with van der Waals surface area (Å²) in [4.78, 5) is 11.7. The van der Waals surface area contributed by atoms with E-state index in [1.807, 2.05) is 0 Å². The predicted octanol–water partition coefficient (Wildman–Crippen LogP) is -1.96. The first-order valence-electron chi connectivity index (χ1n) is 8.67. The average molecular weight is 402 g/mol. The number of hydrogen-bond donors (Lipinski definition) is 6. The van der Waals surface area contributed by atoms with E-state index in [1.165, 1.54) is 26.0 Å². The van der Waals surface area contributed by atoms with Crippen LogP contribution in [0.15, 0.2) is 24.3 Å². The highest BCUT2D eigenvalue weighted by Crippen LogP contribution is 2.24. The van der Waals surface area contributed by atoms with E-state index in [0.717, 1.165) is 0 Å². The lowest BCUT2D eigenvalue weighted by molar-refractivity contribution is -0.277. The van der Waals surface area contributed by atoms with E-state index in [4.69, 9.17) is 14.2 Å². The van der Waals surface area contributed by atoms with Gasteiger partial charge in [0.15, 0.2) is 6.10 Å². The van der Waals surface area contributed by atoms with Crippen LogP contribution in [-0.4, -0.2) is 85.6 Å². The van der Waals surface area contributed by atoms with Crippen molar-refractivity contribution in [1.29, 1.82) is 0 Å². The topological polar surface area (TPSA) is 166 Å². The number of carbonyl (C=O) groups excluding carboxylic acids is 1. The molecule has 28 heavy (non-hydrogen) atoms. The Bertz CT molecular complexity index is 639. The van der Waals surface area contributed by atoms with Gasteiger partial charge in [0.25, 0.3) is 0 Å². The molecule has 1 fully saturated rings. The summed E-state index contributed by atoms with van der Waals surface area (Å²) in [6.07, 6.45) is -8.61. The van der Waals surface area contributed by atoms with Crippen molar-refractivity contribution < 1.29 is 49.6 Å². The summed E-state index contributed by atoms with van der Waals surface area (Å²) in [7, 11) is 0. The molecular formula is C18H26O10. The lowest BCUT2D eigenvalue weighted by Crippen LogP contribution is -2.60. The van der Waals surface area contributed by atoms with Gasteiger partial charge in [0.05, 0.1) is 12.2 Å². The molecule has 0 radical (unpaired) electrons. The van der Waals surface area contributed by atoms with Crippen LogP contribution in [0.2, 0.25) is 0 Å². The minimum Gasteiger partial charge on any atom is -0.462 e. The summed E-state index contributed by atoms with van der Waals surface area (Å²) in [6, 6.07) is 6.11. The Kier molecular flexibility index (Phi) is 7.34. The number of esters is 1. The van der Waals surface area contributed by atoms with Gasteiger partial charge >= 0.3 is 5.97 Å². The third-order valence-electron chi connectivity index (χ3n) is 4.30. The molecule has 1 aliphatic heterocycles. The van der Waals surface area contributed by atoms with Crippen molar-refractivity contribution in [2.24, 2.45) is 0 Å². The molecule has 158 valence electrons. The van der Waals surface area contributed by atoms with E-state index in [-0.39, 0.29) is 12.4 Å². The molecule has 1 aromatic carbocycles. The maximum absolute atomic E-state index is 11.7. The quantitative estimate of drug-likeness (QED) is 0.282. The van der Waals surface area contributed by atoms with Crippen LogP contribution in [0.4, 0.5) is 0 Å². The first-order valence-corrected chi connectivity index (χ1v) is 8.67. The fourth-order valence-electron chi connectivity index (χ4n) is 2.48. The normalized spacial score (nSPS) is 29.2. The fraction of sp³-hybridized carbons (Fsp3) is 0.611. The Labute approximate surface area is 161 Å². The lowest BCUT2D eigenvalue weighted by atomic mass is 9.99. The minimum absolute atomic E-state index is 0.147. The van der Waals surface area contributed by atoms with E-state index in [1.54, 1.807) is 12.1 Å². The second-order valence-corrected chi connectivity index (χ2v) is 7.12. The first-order chi connectivity index (χ1) is 13.0. The molecule has 0 amide bonds. The maximum Gasteiger partial charge on any atom is 0.338 e. The van der Waals surface area contributed by atoms with Crippen molar-refractivity contribution in [2.45, 2.75) is 62.9 Å². The molecule has 1 heterocycles. The van der Waals surface area contributed by atoms with Gasteiger partial charge in [0, 0.05) is 0 Å². The van der Waals surface area contributed by atoms with E-state index in [2.05, 4.69) is 0 Å². The highest BCUT2D eigenvalue weighted by Gasteiger charge is 2.44. The first kappa shape index (κ1) is 22.5. The van der Waals surface area contributed by atoms with Crippen molar-refractivity contribution in [2.75, 3.05) is 6.61 Å². The molecule has 10 nitrogen and oxygen atoms in total. The Balaban J connectivity index is 1.93. The molecule has 1 aromatic rings. The number of hydrogen-bond acceptors (Lipinski definition) is 10. The van der Waals surface area contributed by atoms with Crippen LogP contribution >= 0.6 is 0 Å². The van der Waals surface area contributed by atoms with Gasteiger partial charge in [-0.2, -0.15) is 0 Å². The van der Waals surface area contributed by atoms with Crippen LogP contribution < -0.4 is 4.74 Å². The van der Waals surface area contributed by atoms with Gasteiger partial charge in [-0.25, -0.2) is 4.79 Å². The van der Waals surface area contributed by atoms with Gasteiger partial charge in [0.1, 0.15) is 36.8 Å². The van der Waals surface area contributed by atoms with Gasteiger partial charge in [-0.15, -0.1) is 0 Å². The SMILES string of the molecule is CC(C)(O)[C@H](O)C(=O)OCc1ccc(O[C@H]2O[C@H](CO)[C@@H](O)[C@H](O)[C@H]2O)cc1. The highest BCUT2D eigenvalue weighted by molar-refractivity contribution is 5.75. The zero-order chi connectivity index (χ0) is 21.1. The predicted molar refractivity (Wildman–Crippen MR) is 92.9 cm³/mol. The van der Waals surface area contributed by atoms with Gasteiger partial charge in [-0.1, -0.05) is 12.1 Å². The molecule has 6 N–H and O–H groups in total. The van der Waals surface area contributed by atoms with Crippen molar-refractivity contribution in [3.8, 4) is 5.75 Å². The molecular weight excluding hydrogens is 376 g/mol. The highest BCUT2D eigenvalue weighted by atomic mass is 16.7. The monoisotopic (exact) mass is 402 g/mol. The van der Waals surface area contributed by atoms with Crippen LogP contribution in [0, 0.1) is 0 Å². The zero-order valence-corrected chi connectivity index (χ0v) is 15.5. The van der Waals surface area contributed by atoms with Crippen LogP contribution in [0.5, 0.6) is 5.75 Å². The standard InChI is InChI=1S/C18H26O10/c1-18(2,25)15(23)16(24)26-8-9-3-5-10(6-4-9)27-17-14(22)13(21)12(20)11(7-19)28-17/h3-6,11-15,17,19-23,25H,7-8H2,1-2H3/t11-,12-,13+,14-,15-,17+/m1/s1. The third kappa shape index (κ3) is 5.39. The lowest BCUT2D eigenvalue weighted by Gasteiger charge is -2.39. The Morgan fingerprint density at radius 2 is 1.75 bits per heavy atom. The third-order valence-corrected chi connectivity index (χ3v) is 4.30. The second-order valence-electron chi connectivity index (χ2n) is 7.12. The summed E-state index contributed by atoms with van der Waals surface area (Å²) in [5.41, 5.74) is -1.06. The summed E-state index contributed by atoms with van der Waals surface area (Å²) in [5.74, 6) is -0.704. The summed E-state index contributed by atoms with van der Waals surface area (Å²) in [6.45, 7) is 1.85. The summed E-state index contributed by atoms with van der Waals surface area (Å²) < 4.78 is 15.6. The molecule has 0 aromatic heterocycles. The molecule has 2 rings (SSSR count). The van der Waals surface area contributed by atoms with E-state index < -0.39 is 55.0 Å². The second kappa shape index (κ2) is 9.14. The van der Waals surface area contributed by atoms with Crippen LogP contribution in [0.25, 0.3) is 0 Å². The number of ether oxygens (including phenoxy) is 3. The van der Waals surface area contributed by atoms with Gasteiger partial charge < -0.3 is 44.8 Å². The van der Waals surface area contributed by atoms with E-state index >= 15 is 0 Å². The summed E-state index contributed by atoms with van der Waals surface area (Å²) >= 11 is 0. The molecule has 6 atom stereocenters. The molecule has 0 saturated carbocycles.